The van der Waals surface area contributed by atoms with Crippen molar-refractivity contribution in [3.63, 3.8) is 0 Å². The van der Waals surface area contributed by atoms with Crippen LogP contribution >= 0.6 is 0 Å². The van der Waals surface area contributed by atoms with Gasteiger partial charge in [0.15, 0.2) is 0 Å². The molecule has 0 radical (unpaired) electrons. The van der Waals surface area contributed by atoms with Gasteiger partial charge in [-0.05, 0) is 12.1 Å². The fraction of sp³-hybridized carbons (Fsp3) is 0.286. The molecule has 2 saturated heterocycles. The Kier molecular flexibility index (Phi) is 1.84. The number of imide groups is 1. The number of fused-ring (bicyclic) bond motifs is 5. The van der Waals surface area contributed by atoms with Crippen LogP contribution in [0.15, 0.2) is 42.5 Å². The van der Waals surface area contributed by atoms with Gasteiger partial charge in [0.25, 0.3) is 0 Å². The summed E-state index contributed by atoms with van der Waals surface area (Å²) in [7, 11) is 0. The Morgan fingerprint density at radius 3 is 2.00 bits per heavy atom. The summed E-state index contributed by atoms with van der Waals surface area (Å²) >= 11 is 0. The molecule has 3 aliphatic rings. The molecule has 4 atom stereocenters. The van der Waals surface area contributed by atoms with E-state index in [9.17, 15) is 9.59 Å². The molecule has 4 nitrogen and oxygen atoms in total. The van der Waals surface area contributed by atoms with Gasteiger partial charge in [-0.3, -0.25) is 9.59 Å². The standard InChI is InChI=1S/C14H12N2O2/c17-13-11-9-6-7-10(15-9)12(11)14(18)16(13)8-4-2-1-3-5-8/h1-7,9-12,15H. The van der Waals surface area contributed by atoms with E-state index in [1.807, 2.05) is 30.4 Å². The average molecular weight is 240 g/mol. The first-order valence-corrected chi connectivity index (χ1v) is 6.14. The van der Waals surface area contributed by atoms with Crippen LogP contribution in [0.2, 0.25) is 0 Å². The number of carbonyl (C=O) groups excluding carboxylic acids is 2. The van der Waals surface area contributed by atoms with Crippen LogP contribution in [0.3, 0.4) is 0 Å². The minimum atomic E-state index is -0.215. The molecule has 1 aromatic carbocycles. The maximum atomic E-state index is 12.4. The number of amides is 2. The molecule has 1 aromatic rings. The smallest absolute Gasteiger partial charge is 0.239 e. The molecule has 2 bridgehead atoms. The SMILES string of the molecule is O=C1C2C3C=CC(N3)C2C(=O)N1c1ccccc1. The van der Waals surface area contributed by atoms with Gasteiger partial charge in [0, 0.05) is 12.1 Å². The van der Waals surface area contributed by atoms with Gasteiger partial charge in [-0.25, -0.2) is 4.90 Å². The van der Waals surface area contributed by atoms with E-state index in [4.69, 9.17) is 0 Å². The molecule has 3 heterocycles. The Bertz CT molecular complexity index is 536. The van der Waals surface area contributed by atoms with Crippen molar-refractivity contribution in [3.8, 4) is 0 Å². The van der Waals surface area contributed by atoms with Crippen LogP contribution in [-0.2, 0) is 9.59 Å². The minimum Gasteiger partial charge on any atom is -0.303 e. The van der Waals surface area contributed by atoms with E-state index in [-0.39, 0.29) is 35.7 Å². The molecule has 0 saturated carbocycles. The van der Waals surface area contributed by atoms with Crippen molar-refractivity contribution in [2.45, 2.75) is 12.1 Å². The van der Waals surface area contributed by atoms with E-state index in [0.29, 0.717) is 5.69 Å². The zero-order valence-electron chi connectivity index (χ0n) is 9.61. The number of anilines is 1. The molecule has 2 fully saturated rings. The van der Waals surface area contributed by atoms with Crippen LogP contribution < -0.4 is 10.2 Å². The summed E-state index contributed by atoms with van der Waals surface area (Å²) in [5.41, 5.74) is 0.682. The molecule has 4 heteroatoms. The van der Waals surface area contributed by atoms with Crippen molar-refractivity contribution < 1.29 is 9.59 Å². The van der Waals surface area contributed by atoms with E-state index in [0.717, 1.165) is 0 Å². The highest BCUT2D eigenvalue weighted by Crippen LogP contribution is 2.42. The van der Waals surface area contributed by atoms with Crippen molar-refractivity contribution in [1.29, 1.82) is 0 Å². The van der Waals surface area contributed by atoms with E-state index in [1.54, 1.807) is 12.1 Å². The van der Waals surface area contributed by atoms with Crippen molar-refractivity contribution in [2.24, 2.45) is 11.8 Å². The van der Waals surface area contributed by atoms with E-state index in [2.05, 4.69) is 5.32 Å². The summed E-state index contributed by atoms with van der Waals surface area (Å²) in [5.74, 6) is -0.568. The third kappa shape index (κ3) is 1.08. The molecule has 1 N–H and O–H groups in total. The van der Waals surface area contributed by atoms with Crippen LogP contribution in [0, 0.1) is 11.8 Å². The number of hydrogen-bond donors (Lipinski definition) is 1. The quantitative estimate of drug-likeness (QED) is 0.581. The summed E-state index contributed by atoms with van der Waals surface area (Å²) in [4.78, 5) is 26.2. The normalized spacial score (nSPS) is 36.6. The lowest BCUT2D eigenvalue weighted by atomic mass is 9.85. The van der Waals surface area contributed by atoms with Gasteiger partial charge in [0.05, 0.1) is 17.5 Å². The van der Waals surface area contributed by atoms with Crippen LogP contribution in [0.1, 0.15) is 0 Å². The number of para-hydroxylation sites is 1. The second-order valence-electron chi connectivity index (χ2n) is 5.00. The Morgan fingerprint density at radius 2 is 1.44 bits per heavy atom. The first kappa shape index (κ1) is 10.0. The fourth-order valence-electron chi connectivity index (χ4n) is 3.32. The van der Waals surface area contributed by atoms with Gasteiger partial charge in [0.1, 0.15) is 0 Å². The monoisotopic (exact) mass is 240 g/mol. The predicted molar refractivity (Wildman–Crippen MR) is 65.8 cm³/mol. The number of benzene rings is 1. The van der Waals surface area contributed by atoms with Crippen LogP contribution in [-0.4, -0.2) is 23.9 Å². The molecular formula is C14H12N2O2. The van der Waals surface area contributed by atoms with Crippen LogP contribution in [0.4, 0.5) is 5.69 Å². The Hall–Kier alpha value is -1.94. The molecule has 2 amide bonds. The molecule has 0 aromatic heterocycles. The third-order valence-electron chi connectivity index (χ3n) is 4.10. The molecule has 4 rings (SSSR count). The molecule has 4 unspecified atom stereocenters. The largest absolute Gasteiger partial charge is 0.303 e. The van der Waals surface area contributed by atoms with Crippen LogP contribution in [0.25, 0.3) is 0 Å². The number of rotatable bonds is 1. The van der Waals surface area contributed by atoms with Gasteiger partial charge < -0.3 is 5.32 Å². The zero-order chi connectivity index (χ0) is 12.3. The van der Waals surface area contributed by atoms with Gasteiger partial charge in [-0.2, -0.15) is 0 Å². The molecule has 0 aliphatic carbocycles. The van der Waals surface area contributed by atoms with Crippen molar-refractivity contribution >= 4 is 17.5 Å². The van der Waals surface area contributed by atoms with Gasteiger partial charge in [0.2, 0.25) is 11.8 Å². The summed E-state index contributed by atoms with van der Waals surface area (Å²) in [5, 5.41) is 3.28. The van der Waals surface area contributed by atoms with Crippen molar-refractivity contribution in [3.05, 3.63) is 42.5 Å². The lowest BCUT2D eigenvalue weighted by molar-refractivity contribution is -0.122. The van der Waals surface area contributed by atoms with Gasteiger partial charge in [-0.15, -0.1) is 0 Å². The molecule has 3 aliphatic heterocycles. The summed E-state index contributed by atoms with van der Waals surface area (Å²) in [6.07, 6.45) is 4.01. The maximum Gasteiger partial charge on any atom is 0.239 e. The number of carbonyl (C=O) groups is 2. The first-order chi connectivity index (χ1) is 8.77. The van der Waals surface area contributed by atoms with E-state index >= 15 is 0 Å². The lowest BCUT2D eigenvalue weighted by Crippen LogP contribution is -2.38. The van der Waals surface area contributed by atoms with Crippen molar-refractivity contribution in [2.75, 3.05) is 4.90 Å². The highest BCUT2D eigenvalue weighted by molar-refractivity contribution is 6.23. The highest BCUT2D eigenvalue weighted by Gasteiger charge is 2.59. The number of hydrogen-bond acceptors (Lipinski definition) is 3. The highest BCUT2D eigenvalue weighted by atomic mass is 16.2. The van der Waals surface area contributed by atoms with Gasteiger partial charge >= 0.3 is 0 Å². The van der Waals surface area contributed by atoms with E-state index < -0.39 is 0 Å². The second kappa shape index (κ2) is 3.29. The topological polar surface area (TPSA) is 49.4 Å². The maximum absolute atomic E-state index is 12.4. The Balaban J connectivity index is 1.77. The first-order valence-electron chi connectivity index (χ1n) is 6.14. The van der Waals surface area contributed by atoms with Crippen LogP contribution in [0.5, 0.6) is 0 Å². The molecule has 90 valence electrons. The third-order valence-corrected chi connectivity index (χ3v) is 4.10. The Labute approximate surface area is 104 Å². The summed E-state index contributed by atoms with van der Waals surface area (Å²) < 4.78 is 0. The van der Waals surface area contributed by atoms with Gasteiger partial charge in [-0.1, -0.05) is 30.4 Å². The predicted octanol–water partition coefficient (Wildman–Crippen LogP) is 0.702. The fourth-order valence-corrected chi connectivity index (χ4v) is 3.32. The molecular weight excluding hydrogens is 228 g/mol. The Morgan fingerprint density at radius 1 is 0.889 bits per heavy atom. The average Bonchev–Trinajstić information content (AvgIpc) is 3.05. The minimum absolute atomic E-state index is 0.0326. The zero-order valence-corrected chi connectivity index (χ0v) is 9.61. The molecule has 0 spiro atoms. The van der Waals surface area contributed by atoms with E-state index in [1.165, 1.54) is 4.90 Å². The summed E-state index contributed by atoms with van der Waals surface area (Å²) in [6.45, 7) is 0. The number of nitrogens with zero attached hydrogens (tertiary/aromatic N) is 1. The van der Waals surface area contributed by atoms with Crippen molar-refractivity contribution in [1.82, 2.24) is 5.32 Å². The lowest BCUT2D eigenvalue weighted by Gasteiger charge is -2.17. The number of nitrogens with one attached hydrogen (secondary N) is 1. The second-order valence-corrected chi connectivity index (χ2v) is 5.00. The summed E-state index contributed by atoms with van der Waals surface area (Å²) in [6, 6.07) is 9.24. The molecule has 18 heavy (non-hydrogen) atoms.